The molecular weight excluding hydrogens is 221 g/mol. The molecule has 1 aromatic rings. The van der Waals surface area contributed by atoms with E-state index in [1.807, 2.05) is 20.8 Å². The molecule has 96 valence electrons. The molecule has 0 fully saturated rings. The van der Waals surface area contributed by atoms with Gasteiger partial charge in [-0.05, 0) is 38.1 Å². The third-order valence-corrected chi connectivity index (χ3v) is 2.29. The van der Waals surface area contributed by atoms with Crippen LogP contribution >= 0.6 is 0 Å². The number of benzene rings is 1. The third-order valence-electron chi connectivity index (χ3n) is 2.29. The Bertz CT molecular complexity index is 355. The highest BCUT2D eigenvalue weighted by atomic mass is 19.1. The van der Waals surface area contributed by atoms with Crippen LogP contribution < -0.4 is 10.1 Å². The fourth-order valence-electron chi connectivity index (χ4n) is 1.47. The highest BCUT2D eigenvalue weighted by Crippen LogP contribution is 2.22. The smallest absolute Gasteiger partial charge is 0.165 e. The molecule has 0 bridgehead atoms. The lowest BCUT2D eigenvalue weighted by Crippen LogP contribution is -2.21. The quantitative estimate of drug-likeness (QED) is 0.802. The average molecular weight is 241 g/mol. The summed E-state index contributed by atoms with van der Waals surface area (Å²) in [6, 6.07) is 4.56. The molecule has 0 heterocycles. The monoisotopic (exact) mass is 241 g/mol. The van der Waals surface area contributed by atoms with Crippen molar-refractivity contribution >= 4 is 0 Å². The third kappa shape index (κ3) is 4.32. The van der Waals surface area contributed by atoms with Gasteiger partial charge in [-0.1, -0.05) is 13.0 Å². The van der Waals surface area contributed by atoms with Crippen molar-refractivity contribution in [1.82, 2.24) is 5.32 Å². The average Bonchev–Trinajstić information content (AvgIpc) is 2.28. The first-order chi connectivity index (χ1) is 8.04. The van der Waals surface area contributed by atoms with E-state index in [1.165, 1.54) is 6.07 Å². The van der Waals surface area contributed by atoms with Crippen LogP contribution in [0.25, 0.3) is 0 Å². The van der Waals surface area contributed by atoms with Crippen molar-refractivity contribution in [2.45, 2.75) is 33.0 Å². The van der Waals surface area contributed by atoms with Crippen LogP contribution in [-0.4, -0.2) is 24.3 Å². The Kier molecular flexibility index (Phi) is 5.38. The molecule has 0 aliphatic heterocycles. The summed E-state index contributed by atoms with van der Waals surface area (Å²) in [4.78, 5) is 0. The first kappa shape index (κ1) is 13.9. The van der Waals surface area contributed by atoms with Gasteiger partial charge in [-0.15, -0.1) is 0 Å². The first-order valence-corrected chi connectivity index (χ1v) is 5.89. The van der Waals surface area contributed by atoms with Gasteiger partial charge in [0.2, 0.25) is 0 Å². The summed E-state index contributed by atoms with van der Waals surface area (Å²) in [5.41, 5.74) is 0.555. The SMILES string of the molecule is CCNCC(O)c1ccc(OC(C)C)c(F)c1. The van der Waals surface area contributed by atoms with E-state index in [4.69, 9.17) is 4.74 Å². The van der Waals surface area contributed by atoms with Crippen LogP contribution in [0.3, 0.4) is 0 Å². The molecule has 1 aromatic carbocycles. The number of ether oxygens (including phenoxy) is 1. The largest absolute Gasteiger partial charge is 0.488 e. The van der Waals surface area contributed by atoms with E-state index in [9.17, 15) is 9.50 Å². The Balaban J connectivity index is 2.73. The molecule has 0 aromatic heterocycles. The molecule has 0 aliphatic carbocycles. The Morgan fingerprint density at radius 3 is 2.65 bits per heavy atom. The van der Waals surface area contributed by atoms with Gasteiger partial charge >= 0.3 is 0 Å². The summed E-state index contributed by atoms with van der Waals surface area (Å²) in [5.74, 6) is -0.217. The number of hydrogen-bond acceptors (Lipinski definition) is 3. The Hall–Kier alpha value is -1.13. The second-order valence-electron chi connectivity index (χ2n) is 4.18. The summed E-state index contributed by atoms with van der Waals surface area (Å²) in [7, 11) is 0. The summed E-state index contributed by atoms with van der Waals surface area (Å²) in [5, 5.41) is 12.8. The lowest BCUT2D eigenvalue weighted by Gasteiger charge is -2.14. The maximum atomic E-state index is 13.6. The van der Waals surface area contributed by atoms with Crippen molar-refractivity contribution in [2.24, 2.45) is 0 Å². The molecule has 0 amide bonds. The van der Waals surface area contributed by atoms with Gasteiger partial charge in [-0.3, -0.25) is 0 Å². The second kappa shape index (κ2) is 6.57. The Morgan fingerprint density at radius 1 is 1.41 bits per heavy atom. The molecule has 0 saturated heterocycles. The number of likely N-dealkylation sites (N-methyl/N-ethyl adjacent to an activating group) is 1. The molecule has 0 radical (unpaired) electrons. The van der Waals surface area contributed by atoms with Crippen molar-refractivity contribution in [2.75, 3.05) is 13.1 Å². The van der Waals surface area contributed by atoms with Crippen molar-refractivity contribution < 1.29 is 14.2 Å². The predicted octanol–water partition coefficient (Wildman–Crippen LogP) is 2.26. The van der Waals surface area contributed by atoms with Crippen LogP contribution in [0.15, 0.2) is 18.2 Å². The summed E-state index contributed by atoms with van der Waals surface area (Å²) < 4.78 is 18.9. The molecule has 1 rings (SSSR count). The van der Waals surface area contributed by atoms with Gasteiger partial charge < -0.3 is 15.2 Å². The lowest BCUT2D eigenvalue weighted by atomic mass is 10.1. The highest BCUT2D eigenvalue weighted by Gasteiger charge is 2.11. The number of nitrogens with one attached hydrogen (secondary N) is 1. The fourth-order valence-corrected chi connectivity index (χ4v) is 1.47. The molecule has 0 saturated carbocycles. The van der Waals surface area contributed by atoms with Gasteiger partial charge in [0.25, 0.3) is 0 Å². The zero-order valence-electron chi connectivity index (χ0n) is 10.5. The van der Waals surface area contributed by atoms with E-state index >= 15 is 0 Å². The first-order valence-electron chi connectivity index (χ1n) is 5.89. The Morgan fingerprint density at radius 2 is 2.12 bits per heavy atom. The number of hydrogen-bond donors (Lipinski definition) is 2. The molecule has 0 spiro atoms. The van der Waals surface area contributed by atoms with Crippen molar-refractivity contribution in [3.05, 3.63) is 29.6 Å². The molecule has 4 heteroatoms. The number of rotatable bonds is 6. The normalized spacial score (nSPS) is 12.8. The molecule has 2 N–H and O–H groups in total. The van der Waals surface area contributed by atoms with Crippen molar-refractivity contribution in [1.29, 1.82) is 0 Å². The second-order valence-corrected chi connectivity index (χ2v) is 4.18. The minimum Gasteiger partial charge on any atom is -0.488 e. The fraction of sp³-hybridized carbons (Fsp3) is 0.538. The van der Waals surface area contributed by atoms with Crippen LogP contribution in [0.1, 0.15) is 32.4 Å². The van der Waals surface area contributed by atoms with Crippen molar-refractivity contribution in [3.8, 4) is 5.75 Å². The summed E-state index contributed by atoms with van der Waals surface area (Å²) in [6.45, 7) is 6.82. The van der Waals surface area contributed by atoms with Crippen molar-refractivity contribution in [3.63, 3.8) is 0 Å². The lowest BCUT2D eigenvalue weighted by molar-refractivity contribution is 0.174. The maximum Gasteiger partial charge on any atom is 0.165 e. The number of aliphatic hydroxyl groups excluding tert-OH is 1. The van der Waals surface area contributed by atoms with Crippen LogP contribution in [0.5, 0.6) is 5.75 Å². The molecule has 3 nitrogen and oxygen atoms in total. The summed E-state index contributed by atoms with van der Waals surface area (Å²) in [6.07, 6.45) is -0.764. The van der Waals surface area contributed by atoms with Crippen LogP contribution in [0.4, 0.5) is 4.39 Å². The predicted molar refractivity (Wildman–Crippen MR) is 65.7 cm³/mol. The zero-order chi connectivity index (χ0) is 12.8. The minimum absolute atomic E-state index is 0.0676. The summed E-state index contributed by atoms with van der Waals surface area (Å²) >= 11 is 0. The zero-order valence-corrected chi connectivity index (χ0v) is 10.5. The molecule has 1 atom stereocenters. The van der Waals surface area contributed by atoms with E-state index in [0.29, 0.717) is 12.1 Å². The molecular formula is C13H20FNO2. The standard InChI is InChI=1S/C13H20FNO2/c1-4-15-8-12(16)10-5-6-13(11(14)7-10)17-9(2)3/h5-7,9,12,15-16H,4,8H2,1-3H3. The van der Waals surface area contributed by atoms with Gasteiger partial charge in [0.15, 0.2) is 11.6 Å². The van der Waals surface area contributed by atoms with E-state index in [1.54, 1.807) is 12.1 Å². The van der Waals surface area contributed by atoms with Gasteiger partial charge in [0.05, 0.1) is 12.2 Å². The van der Waals surface area contributed by atoms with Gasteiger partial charge in [-0.25, -0.2) is 4.39 Å². The highest BCUT2D eigenvalue weighted by molar-refractivity contribution is 5.30. The topological polar surface area (TPSA) is 41.5 Å². The molecule has 17 heavy (non-hydrogen) atoms. The van der Waals surface area contributed by atoms with E-state index in [-0.39, 0.29) is 11.9 Å². The van der Waals surface area contributed by atoms with Crippen LogP contribution in [0.2, 0.25) is 0 Å². The van der Waals surface area contributed by atoms with Gasteiger partial charge in [0, 0.05) is 6.54 Å². The molecule has 1 unspecified atom stereocenters. The number of aliphatic hydroxyl groups is 1. The minimum atomic E-state index is -0.697. The van der Waals surface area contributed by atoms with E-state index in [0.717, 1.165) is 6.54 Å². The molecule has 0 aliphatic rings. The number of halogens is 1. The van der Waals surface area contributed by atoms with Crippen LogP contribution in [-0.2, 0) is 0 Å². The maximum absolute atomic E-state index is 13.6. The van der Waals surface area contributed by atoms with E-state index in [2.05, 4.69) is 5.32 Å². The van der Waals surface area contributed by atoms with Gasteiger partial charge in [0.1, 0.15) is 0 Å². The Labute approximate surface area is 102 Å². The van der Waals surface area contributed by atoms with Crippen LogP contribution in [0, 0.1) is 5.82 Å². The van der Waals surface area contributed by atoms with Gasteiger partial charge in [-0.2, -0.15) is 0 Å². The van der Waals surface area contributed by atoms with E-state index < -0.39 is 11.9 Å².